The van der Waals surface area contributed by atoms with Crippen LogP contribution in [0.5, 0.6) is 0 Å². The summed E-state index contributed by atoms with van der Waals surface area (Å²) in [4.78, 5) is 0. The summed E-state index contributed by atoms with van der Waals surface area (Å²) in [5.41, 5.74) is 0.0342. The van der Waals surface area contributed by atoms with Gasteiger partial charge in [-0.05, 0) is 68.4 Å². The second kappa shape index (κ2) is 5.99. The lowest BCUT2D eigenvalue weighted by molar-refractivity contribution is -0.160. The molecular weight excluding hydrogens is 354 g/mol. The van der Waals surface area contributed by atoms with Crippen LogP contribution >= 0.6 is 22.9 Å². The lowest BCUT2D eigenvalue weighted by atomic mass is 9.54. The molecule has 0 aromatic carbocycles. The Morgan fingerprint density at radius 2 is 1.78 bits per heavy atom. The predicted octanol–water partition coefficient (Wildman–Crippen LogP) is 3.67. The first-order chi connectivity index (χ1) is 10.9. The molecule has 0 spiro atoms. The van der Waals surface area contributed by atoms with Crippen molar-refractivity contribution < 1.29 is 13.2 Å². The van der Waals surface area contributed by atoms with Gasteiger partial charge in [0.25, 0.3) is 0 Å². The molecule has 4 aliphatic carbocycles. The molecule has 0 aliphatic heterocycles. The highest BCUT2D eigenvalue weighted by atomic mass is 35.5. The Balaban J connectivity index is 1.31. The Bertz CT molecular complexity index is 650. The predicted molar refractivity (Wildman–Crippen MR) is 91.4 cm³/mol. The first kappa shape index (κ1) is 16.3. The van der Waals surface area contributed by atoms with Gasteiger partial charge in [0.1, 0.15) is 4.21 Å². The van der Waals surface area contributed by atoms with Crippen molar-refractivity contribution in [3.05, 3.63) is 16.5 Å². The Morgan fingerprint density at radius 1 is 1.17 bits per heavy atom. The van der Waals surface area contributed by atoms with Gasteiger partial charge in [-0.1, -0.05) is 11.6 Å². The number of rotatable bonds is 6. The van der Waals surface area contributed by atoms with Gasteiger partial charge in [0.15, 0.2) is 0 Å². The zero-order chi connectivity index (χ0) is 16.1. The van der Waals surface area contributed by atoms with Gasteiger partial charge in [0, 0.05) is 6.54 Å². The molecule has 5 rings (SSSR count). The number of nitrogens with one attached hydrogen (secondary N) is 1. The van der Waals surface area contributed by atoms with Crippen LogP contribution in [0.2, 0.25) is 4.34 Å². The summed E-state index contributed by atoms with van der Waals surface area (Å²) in [6.07, 6.45) is 7.67. The topological polar surface area (TPSA) is 55.4 Å². The molecule has 128 valence electrons. The van der Waals surface area contributed by atoms with E-state index in [2.05, 4.69) is 4.72 Å². The van der Waals surface area contributed by atoms with E-state index in [9.17, 15) is 8.42 Å². The summed E-state index contributed by atoms with van der Waals surface area (Å²) >= 11 is 6.88. The van der Waals surface area contributed by atoms with Crippen molar-refractivity contribution in [2.75, 3.05) is 13.2 Å². The fourth-order valence-corrected chi connectivity index (χ4v) is 7.71. The van der Waals surface area contributed by atoms with Crippen molar-refractivity contribution in [1.82, 2.24) is 4.72 Å². The van der Waals surface area contributed by atoms with Gasteiger partial charge in [-0.2, -0.15) is 0 Å². The van der Waals surface area contributed by atoms with Crippen molar-refractivity contribution in [3.8, 4) is 0 Å². The van der Waals surface area contributed by atoms with Crippen LogP contribution in [-0.4, -0.2) is 27.2 Å². The molecule has 0 unspecified atom stereocenters. The monoisotopic (exact) mass is 375 g/mol. The number of thiophene rings is 1. The molecular formula is C16H22ClNO3S2. The zero-order valence-corrected chi connectivity index (χ0v) is 15.4. The lowest BCUT2D eigenvalue weighted by Gasteiger charge is -2.56. The Morgan fingerprint density at radius 3 is 2.30 bits per heavy atom. The van der Waals surface area contributed by atoms with E-state index in [0.717, 1.165) is 29.1 Å². The summed E-state index contributed by atoms with van der Waals surface area (Å²) in [6, 6.07) is 3.14. The zero-order valence-electron chi connectivity index (χ0n) is 13.0. The summed E-state index contributed by atoms with van der Waals surface area (Å²) < 4.78 is 33.9. The second-order valence-corrected chi connectivity index (χ2v) is 11.1. The average Bonchev–Trinajstić information content (AvgIpc) is 2.90. The van der Waals surface area contributed by atoms with Gasteiger partial charge in [-0.15, -0.1) is 11.3 Å². The van der Waals surface area contributed by atoms with E-state index in [1.807, 2.05) is 0 Å². The largest absolute Gasteiger partial charge is 0.374 e. The van der Waals surface area contributed by atoms with Crippen molar-refractivity contribution in [1.29, 1.82) is 0 Å². The quantitative estimate of drug-likeness (QED) is 0.772. The minimum atomic E-state index is -3.46. The maximum atomic E-state index is 12.2. The molecule has 1 aromatic heterocycles. The summed E-state index contributed by atoms with van der Waals surface area (Å²) in [5, 5.41) is 0. The lowest BCUT2D eigenvalue weighted by Crippen LogP contribution is -2.52. The highest BCUT2D eigenvalue weighted by Crippen LogP contribution is 2.57. The Labute approximate surface area is 146 Å². The number of hydrogen-bond acceptors (Lipinski definition) is 4. The molecule has 0 saturated heterocycles. The first-order valence-electron chi connectivity index (χ1n) is 8.33. The maximum absolute atomic E-state index is 12.2. The first-order valence-corrected chi connectivity index (χ1v) is 11.0. The minimum Gasteiger partial charge on any atom is -0.374 e. The Hall–Kier alpha value is -0.140. The number of hydrogen-bond donors (Lipinski definition) is 1. The van der Waals surface area contributed by atoms with E-state index in [1.54, 1.807) is 6.07 Å². The average molecular weight is 376 g/mol. The normalized spacial score (nSPS) is 35.8. The third-order valence-electron chi connectivity index (χ3n) is 5.60. The fraction of sp³-hybridized carbons (Fsp3) is 0.750. The van der Waals surface area contributed by atoms with Gasteiger partial charge < -0.3 is 4.74 Å². The van der Waals surface area contributed by atoms with Crippen molar-refractivity contribution >= 4 is 33.0 Å². The molecule has 4 nitrogen and oxygen atoms in total. The number of halogens is 1. The standard InChI is InChI=1S/C16H22ClNO3S2/c17-14-1-2-15(22-14)23(19,20)18-3-4-21-16-8-11-5-12(9-16)7-13(6-11)10-16/h1-2,11-13,18H,3-10H2. The SMILES string of the molecule is O=S(=O)(NCCOC12CC3CC(CC(C3)C1)C2)c1ccc(Cl)s1. The highest BCUT2D eigenvalue weighted by molar-refractivity contribution is 7.91. The van der Waals surface area contributed by atoms with Crippen LogP contribution in [0, 0.1) is 17.8 Å². The van der Waals surface area contributed by atoms with E-state index in [4.69, 9.17) is 16.3 Å². The molecule has 1 aromatic rings. The summed E-state index contributed by atoms with van der Waals surface area (Å²) in [5.74, 6) is 2.52. The maximum Gasteiger partial charge on any atom is 0.250 e. The van der Waals surface area contributed by atoms with Crippen molar-refractivity contribution in [3.63, 3.8) is 0 Å². The smallest absolute Gasteiger partial charge is 0.250 e. The van der Waals surface area contributed by atoms with Gasteiger partial charge in [0.05, 0.1) is 16.5 Å². The molecule has 4 saturated carbocycles. The van der Waals surface area contributed by atoms with Gasteiger partial charge >= 0.3 is 0 Å². The van der Waals surface area contributed by atoms with E-state index < -0.39 is 10.0 Å². The molecule has 1 heterocycles. The Kier molecular flexibility index (Phi) is 4.25. The summed E-state index contributed by atoms with van der Waals surface area (Å²) in [7, 11) is -3.46. The second-order valence-electron chi connectivity index (χ2n) is 7.41. The summed E-state index contributed by atoms with van der Waals surface area (Å²) in [6.45, 7) is 0.768. The van der Waals surface area contributed by atoms with Gasteiger partial charge in [0.2, 0.25) is 10.0 Å². The third-order valence-corrected chi connectivity index (χ3v) is 8.78. The molecule has 4 bridgehead atoms. The molecule has 1 N–H and O–H groups in total. The molecule has 0 atom stereocenters. The minimum absolute atomic E-state index is 0.0342. The van der Waals surface area contributed by atoms with E-state index in [0.29, 0.717) is 17.5 Å². The van der Waals surface area contributed by atoms with E-state index >= 15 is 0 Å². The molecule has 0 amide bonds. The van der Waals surface area contributed by atoms with Crippen LogP contribution < -0.4 is 4.72 Å². The van der Waals surface area contributed by atoms with Crippen molar-refractivity contribution in [2.24, 2.45) is 17.8 Å². The van der Waals surface area contributed by atoms with Gasteiger partial charge in [-0.25, -0.2) is 13.1 Å². The molecule has 0 radical (unpaired) electrons. The number of ether oxygens (including phenoxy) is 1. The number of sulfonamides is 1. The van der Waals surface area contributed by atoms with Crippen LogP contribution in [0.1, 0.15) is 38.5 Å². The van der Waals surface area contributed by atoms with Crippen LogP contribution in [-0.2, 0) is 14.8 Å². The third kappa shape index (κ3) is 3.33. The van der Waals surface area contributed by atoms with Crippen LogP contribution in [0.3, 0.4) is 0 Å². The highest BCUT2D eigenvalue weighted by Gasteiger charge is 2.51. The van der Waals surface area contributed by atoms with E-state index in [-0.39, 0.29) is 9.81 Å². The molecule has 4 fully saturated rings. The fourth-order valence-electron chi connectivity index (χ4n) is 5.16. The molecule has 23 heavy (non-hydrogen) atoms. The van der Waals surface area contributed by atoms with Crippen LogP contribution in [0.25, 0.3) is 0 Å². The van der Waals surface area contributed by atoms with Crippen LogP contribution in [0.4, 0.5) is 0 Å². The van der Waals surface area contributed by atoms with Crippen molar-refractivity contribution in [2.45, 2.75) is 48.3 Å². The van der Waals surface area contributed by atoms with Gasteiger partial charge in [-0.3, -0.25) is 0 Å². The molecule has 7 heteroatoms. The van der Waals surface area contributed by atoms with E-state index in [1.165, 1.54) is 44.6 Å². The van der Waals surface area contributed by atoms with Crippen LogP contribution in [0.15, 0.2) is 16.3 Å². The molecule has 4 aliphatic rings.